The molecule has 1 aliphatic heterocycles. The Morgan fingerprint density at radius 1 is 0.919 bits per heavy atom. The molecule has 1 heterocycles. The maximum absolute atomic E-state index is 14.1. The predicted molar refractivity (Wildman–Crippen MR) is 144 cm³/mol. The molecule has 4 aromatic carbocycles. The molecule has 1 atom stereocenters. The number of benzene rings is 4. The molecule has 0 fully saturated rings. The number of fused-ring (bicyclic) bond motifs is 2. The van der Waals surface area contributed by atoms with Crippen LogP contribution in [0, 0.1) is 6.92 Å². The van der Waals surface area contributed by atoms with Crippen LogP contribution in [0.1, 0.15) is 44.2 Å². The van der Waals surface area contributed by atoms with Gasteiger partial charge >= 0.3 is 0 Å². The van der Waals surface area contributed by atoms with Crippen LogP contribution in [0.5, 0.6) is 5.75 Å². The Morgan fingerprint density at radius 2 is 1.59 bits per heavy atom. The van der Waals surface area contributed by atoms with Crippen LogP contribution in [0.4, 0.5) is 0 Å². The van der Waals surface area contributed by atoms with Crippen molar-refractivity contribution in [1.29, 1.82) is 0 Å². The molecule has 0 aliphatic carbocycles. The summed E-state index contributed by atoms with van der Waals surface area (Å²) in [5.74, 6) is 0.0586. The molecule has 186 valence electrons. The molecular formula is C31H27ClN2O3. The third-order valence-corrected chi connectivity index (χ3v) is 6.77. The largest absolute Gasteiger partial charge is 0.489 e. The maximum Gasteiger partial charge on any atom is 0.255 e. The van der Waals surface area contributed by atoms with Crippen molar-refractivity contribution in [2.45, 2.75) is 32.7 Å². The van der Waals surface area contributed by atoms with Crippen LogP contribution in [0.15, 0.2) is 97.1 Å². The molecule has 0 bridgehead atoms. The van der Waals surface area contributed by atoms with E-state index in [0.29, 0.717) is 28.4 Å². The highest BCUT2D eigenvalue weighted by Crippen LogP contribution is 2.35. The summed E-state index contributed by atoms with van der Waals surface area (Å²) >= 11 is 6.11. The van der Waals surface area contributed by atoms with Gasteiger partial charge in [0, 0.05) is 34.8 Å². The van der Waals surface area contributed by atoms with Gasteiger partial charge in [0.15, 0.2) is 0 Å². The van der Waals surface area contributed by atoms with Crippen LogP contribution in [0.3, 0.4) is 0 Å². The number of rotatable bonds is 5. The lowest BCUT2D eigenvalue weighted by atomic mass is 10.00. The number of hydrogen-bond donors (Lipinski definition) is 1. The summed E-state index contributed by atoms with van der Waals surface area (Å²) in [6.45, 7) is 2.82. The van der Waals surface area contributed by atoms with Gasteiger partial charge in [-0.2, -0.15) is 0 Å². The third-order valence-electron chi connectivity index (χ3n) is 6.52. The Bertz CT molecular complexity index is 1420. The minimum Gasteiger partial charge on any atom is -0.489 e. The second-order valence-corrected chi connectivity index (χ2v) is 9.59. The number of amides is 2. The fraction of sp³-hybridized carbons (Fsp3) is 0.161. The first-order valence-electron chi connectivity index (χ1n) is 12.2. The molecule has 5 nitrogen and oxygen atoms in total. The van der Waals surface area contributed by atoms with E-state index in [9.17, 15) is 9.59 Å². The van der Waals surface area contributed by atoms with Crippen molar-refractivity contribution in [3.8, 4) is 5.75 Å². The van der Waals surface area contributed by atoms with E-state index in [1.807, 2.05) is 85.8 Å². The first kappa shape index (κ1) is 24.6. The van der Waals surface area contributed by atoms with Crippen LogP contribution in [0.25, 0.3) is 0 Å². The Labute approximate surface area is 221 Å². The van der Waals surface area contributed by atoms with Crippen molar-refractivity contribution in [2.75, 3.05) is 0 Å². The average molecular weight is 511 g/mol. The van der Waals surface area contributed by atoms with E-state index in [-0.39, 0.29) is 25.0 Å². The summed E-state index contributed by atoms with van der Waals surface area (Å²) in [5, 5.41) is 3.66. The van der Waals surface area contributed by atoms with E-state index in [1.165, 1.54) is 0 Å². The monoisotopic (exact) mass is 510 g/mol. The van der Waals surface area contributed by atoms with E-state index in [4.69, 9.17) is 16.3 Å². The van der Waals surface area contributed by atoms with Crippen LogP contribution >= 0.6 is 11.6 Å². The number of hydrogen-bond acceptors (Lipinski definition) is 3. The number of para-hydroxylation sites is 1. The van der Waals surface area contributed by atoms with E-state index < -0.39 is 6.04 Å². The van der Waals surface area contributed by atoms with E-state index in [0.717, 1.165) is 22.3 Å². The van der Waals surface area contributed by atoms with Gasteiger partial charge in [0.25, 0.3) is 5.91 Å². The van der Waals surface area contributed by atoms with Gasteiger partial charge in [-0.25, -0.2) is 0 Å². The smallest absolute Gasteiger partial charge is 0.255 e. The molecule has 0 radical (unpaired) electrons. The molecular weight excluding hydrogens is 484 g/mol. The van der Waals surface area contributed by atoms with Gasteiger partial charge in [0.1, 0.15) is 18.4 Å². The Hall–Kier alpha value is -4.09. The summed E-state index contributed by atoms with van der Waals surface area (Å²) < 4.78 is 6.18. The highest BCUT2D eigenvalue weighted by molar-refractivity contribution is 6.30. The summed E-state index contributed by atoms with van der Waals surface area (Å²) in [6.07, 6.45) is 0. The molecule has 6 heteroatoms. The van der Waals surface area contributed by atoms with Crippen molar-refractivity contribution >= 4 is 23.4 Å². The zero-order valence-corrected chi connectivity index (χ0v) is 21.2. The molecule has 0 saturated heterocycles. The topological polar surface area (TPSA) is 58.6 Å². The maximum atomic E-state index is 14.1. The minimum atomic E-state index is -0.906. The van der Waals surface area contributed by atoms with Crippen molar-refractivity contribution in [1.82, 2.24) is 10.2 Å². The Morgan fingerprint density at radius 3 is 2.38 bits per heavy atom. The molecule has 1 unspecified atom stereocenters. The molecule has 2 amide bonds. The first-order valence-corrected chi connectivity index (χ1v) is 12.6. The van der Waals surface area contributed by atoms with Crippen molar-refractivity contribution in [3.63, 3.8) is 0 Å². The molecule has 0 aromatic heterocycles. The quantitative estimate of drug-likeness (QED) is 0.345. The molecule has 1 aliphatic rings. The van der Waals surface area contributed by atoms with Gasteiger partial charge in [-0.1, -0.05) is 90.0 Å². The summed E-state index contributed by atoms with van der Waals surface area (Å²) in [4.78, 5) is 29.6. The number of carbonyl (C=O) groups is 2. The van der Waals surface area contributed by atoms with Crippen molar-refractivity contribution in [3.05, 3.63) is 135 Å². The lowest BCUT2D eigenvalue weighted by Crippen LogP contribution is -2.43. The number of carbonyl (C=O) groups excluding carboxylic acids is 2. The molecule has 4 aromatic rings. The van der Waals surface area contributed by atoms with E-state index >= 15 is 0 Å². The SMILES string of the molecule is Cc1ccc(CNC(=O)C2c3ccccc3OCc3ccccc3C(=O)N2Cc2ccc(Cl)cc2)cc1. The average Bonchev–Trinajstić information content (AvgIpc) is 2.97. The summed E-state index contributed by atoms with van der Waals surface area (Å²) in [7, 11) is 0. The lowest BCUT2D eigenvalue weighted by Gasteiger charge is -2.32. The third kappa shape index (κ3) is 5.52. The van der Waals surface area contributed by atoms with Gasteiger partial charge in [-0.15, -0.1) is 0 Å². The Kier molecular flexibility index (Phi) is 7.24. The van der Waals surface area contributed by atoms with E-state index in [2.05, 4.69) is 5.32 Å². The molecule has 0 spiro atoms. The molecule has 1 N–H and O–H groups in total. The van der Waals surface area contributed by atoms with Crippen LogP contribution < -0.4 is 10.1 Å². The Balaban J connectivity index is 1.58. The molecule has 0 saturated carbocycles. The summed E-state index contributed by atoms with van der Waals surface area (Å²) in [6, 6.07) is 29.2. The van der Waals surface area contributed by atoms with Crippen LogP contribution in [0.2, 0.25) is 5.02 Å². The van der Waals surface area contributed by atoms with Gasteiger partial charge in [-0.3, -0.25) is 9.59 Å². The van der Waals surface area contributed by atoms with Gasteiger partial charge in [0.05, 0.1) is 0 Å². The fourth-order valence-electron chi connectivity index (χ4n) is 4.51. The van der Waals surface area contributed by atoms with Crippen LogP contribution in [-0.2, 0) is 24.5 Å². The standard InChI is InChI=1S/C31H27ClN2O3/c1-21-10-12-22(13-11-21)18-33-30(35)29-27-8-4-5-9-28(27)37-20-24-6-2-3-7-26(24)31(36)34(29)19-23-14-16-25(32)17-15-23/h2-17,29H,18-20H2,1H3,(H,33,35). The molecule has 37 heavy (non-hydrogen) atoms. The zero-order chi connectivity index (χ0) is 25.8. The highest BCUT2D eigenvalue weighted by Gasteiger charge is 2.36. The van der Waals surface area contributed by atoms with Crippen molar-refractivity contribution < 1.29 is 14.3 Å². The number of ether oxygens (including phenoxy) is 1. The number of nitrogens with zero attached hydrogens (tertiary/aromatic N) is 1. The number of halogens is 1. The predicted octanol–water partition coefficient (Wildman–Crippen LogP) is 6.24. The molecule has 5 rings (SSSR count). The lowest BCUT2D eigenvalue weighted by molar-refractivity contribution is -0.126. The van der Waals surface area contributed by atoms with Crippen LogP contribution in [-0.4, -0.2) is 16.7 Å². The second kappa shape index (κ2) is 10.9. The van der Waals surface area contributed by atoms with E-state index in [1.54, 1.807) is 23.1 Å². The summed E-state index contributed by atoms with van der Waals surface area (Å²) in [5.41, 5.74) is 4.91. The first-order chi connectivity index (χ1) is 18.0. The fourth-order valence-corrected chi connectivity index (χ4v) is 4.64. The zero-order valence-electron chi connectivity index (χ0n) is 20.5. The second-order valence-electron chi connectivity index (χ2n) is 9.15. The number of nitrogens with one attached hydrogen (secondary N) is 1. The number of aryl methyl sites for hydroxylation is 1. The van der Waals surface area contributed by atoms with Gasteiger partial charge in [0.2, 0.25) is 5.91 Å². The van der Waals surface area contributed by atoms with Gasteiger partial charge in [-0.05, 0) is 42.3 Å². The van der Waals surface area contributed by atoms with Crippen molar-refractivity contribution in [2.24, 2.45) is 0 Å². The highest BCUT2D eigenvalue weighted by atomic mass is 35.5. The van der Waals surface area contributed by atoms with Gasteiger partial charge < -0.3 is 15.0 Å². The minimum absolute atomic E-state index is 0.224. The normalized spacial score (nSPS) is 14.9.